The monoisotopic (exact) mass is 397 g/mol. The van der Waals surface area contributed by atoms with Gasteiger partial charge in [0.05, 0.1) is 20.3 Å². The van der Waals surface area contributed by atoms with Crippen LogP contribution in [0.3, 0.4) is 0 Å². The average Bonchev–Trinajstić information content (AvgIpc) is 3.11. The van der Waals surface area contributed by atoms with Crippen molar-refractivity contribution in [2.75, 3.05) is 33.4 Å². The van der Waals surface area contributed by atoms with Gasteiger partial charge in [-0.15, -0.1) is 0 Å². The Kier molecular flexibility index (Phi) is 5.81. The van der Waals surface area contributed by atoms with Gasteiger partial charge in [-0.25, -0.2) is 4.79 Å². The summed E-state index contributed by atoms with van der Waals surface area (Å²) in [5.74, 6) is -1.72. The molecule has 1 aromatic rings. The first-order chi connectivity index (χ1) is 13.3. The minimum atomic E-state index is -5.20. The summed E-state index contributed by atoms with van der Waals surface area (Å²) in [6, 6.07) is 9.21. The highest BCUT2D eigenvalue weighted by atomic mass is 19.4. The average molecular weight is 397 g/mol. The lowest BCUT2D eigenvalue weighted by Crippen LogP contribution is -2.55. The zero-order valence-electron chi connectivity index (χ0n) is 15.5. The number of ether oxygens (including phenoxy) is 2. The minimum absolute atomic E-state index is 0.0868. The van der Waals surface area contributed by atoms with E-state index >= 15 is 0 Å². The highest BCUT2D eigenvalue weighted by Gasteiger charge is 2.64. The summed E-state index contributed by atoms with van der Waals surface area (Å²) >= 11 is 0. The van der Waals surface area contributed by atoms with Gasteiger partial charge in [0.15, 0.2) is 0 Å². The number of morpholine rings is 1. The minimum Gasteiger partial charge on any atom is -0.466 e. The van der Waals surface area contributed by atoms with E-state index in [-0.39, 0.29) is 24.1 Å². The fraction of sp³-hybridized carbons (Fsp3) is 0.450. The van der Waals surface area contributed by atoms with Crippen molar-refractivity contribution < 1.29 is 32.5 Å². The number of aliphatic hydroxyl groups is 1. The van der Waals surface area contributed by atoms with Gasteiger partial charge in [-0.05, 0) is 30.1 Å². The normalized spacial score (nSPS) is 21.8. The van der Waals surface area contributed by atoms with Crippen molar-refractivity contribution in [1.82, 2.24) is 4.90 Å². The Balaban J connectivity index is 2.16. The Morgan fingerprint density at radius 3 is 2.39 bits per heavy atom. The van der Waals surface area contributed by atoms with Crippen LogP contribution in [0.25, 0.3) is 6.08 Å². The highest BCUT2D eigenvalue weighted by Crippen LogP contribution is 2.47. The summed E-state index contributed by atoms with van der Waals surface area (Å²) in [7, 11) is 0.837. The van der Waals surface area contributed by atoms with Gasteiger partial charge in [0.1, 0.15) is 0 Å². The molecule has 0 bridgehead atoms. The number of nitrogens with zero attached hydrogens (tertiary/aromatic N) is 1. The first kappa shape index (κ1) is 20.4. The highest BCUT2D eigenvalue weighted by molar-refractivity contribution is 5.86. The van der Waals surface area contributed by atoms with Crippen molar-refractivity contribution in [3.05, 3.63) is 52.7 Å². The molecule has 1 fully saturated rings. The van der Waals surface area contributed by atoms with Crippen molar-refractivity contribution in [2.24, 2.45) is 0 Å². The second kappa shape index (κ2) is 7.97. The lowest BCUT2D eigenvalue weighted by Gasteiger charge is -2.35. The summed E-state index contributed by atoms with van der Waals surface area (Å²) in [5, 5.41) is 10.6. The van der Waals surface area contributed by atoms with Crippen LogP contribution >= 0.6 is 0 Å². The molecule has 0 amide bonds. The van der Waals surface area contributed by atoms with E-state index in [9.17, 15) is 23.1 Å². The molecule has 152 valence electrons. The van der Waals surface area contributed by atoms with Gasteiger partial charge in [0.2, 0.25) is 0 Å². The van der Waals surface area contributed by atoms with Crippen molar-refractivity contribution in [2.45, 2.75) is 24.6 Å². The first-order valence-electron chi connectivity index (χ1n) is 8.99. The van der Waals surface area contributed by atoms with E-state index in [1.807, 2.05) is 30.3 Å². The maximum absolute atomic E-state index is 13.8. The molecule has 1 aromatic carbocycles. The molecule has 1 heterocycles. The molecule has 3 rings (SSSR count). The molecular formula is C20H22F3NO4. The topological polar surface area (TPSA) is 59.0 Å². The molecule has 1 unspecified atom stereocenters. The fourth-order valence-corrected chi connectivity index (χ4v) is 3.67. The molecule has 0 spiro atoms. The zero-order valence-corrected chi connectivity index (χ0v) is 15.5. The van der Waals surface area contributed by atoms with Gasteiger partial charge in [0.25, 0.3) is 5.60 Å². The van der Waals surface area contributed by atoms with Crippen LogP contribution in [0.1, 0.15) is 18.4 Å². The third kappa shape index (κ3) is 3.66. The molecule has 0 radical (unpaired) electrons. The van der Waals surface area contributed by atoms with Crippen LogP contribution in [0.5, 0.6) is 0 Å². The molecule has 1 aliphatic heterocycles. The number of allylic oxidation sites excluding steroid dienone is 1. The molecule has 1 saturated heterocycles. The molecule has 8 heteroatoms. The smallest absolute Gasteiger partial charge is 0.432 e. The standard InChI is InChI=1S/C20H22F3NO4/c1-27-18(25)19(26,20(21,22)23)16-8-7-15(13-14-5-3-2-4-6-14)17(16)24-9-11-28-12-10-24/h2-6,13,26H,7-12H2,1H3. The van der Waals surface area contributed by atoms with Gasteiger partial charge >= 0.3 is 12.1 Å². The van der Waals surface area contributed by atoms with E-state index in [1.165, 1.54) is 0 Å². The molecule has 28 heavy (non-hydrogen) atoms. The van der Waals surface area contributed by atoms with E-state index in [0.717, 1.165) is 12.7 Å². The van der Waals surface area contributed by atoms with Crippen LogP contribution in [-0.4, -0.2) is 61.2 Å². The summed E-state index contributed by atoms with van der Waals surface area (Å²) in [6.07, 6.45) is -3.20. The quantitative estimate of drug-likeness (QED) is 0.792. The van der Waals surface area contributed by atoms with Gasteiger partial charge in [-0.3, -0.25) is 0 Å². The van der Waals surface area contributed by atoms with Crippen molar-refractivity contribution in [1.29, 1.82) is 0 Å². The number of rotatable bonds is 4. The molecule has 1 atom stereocenters. The Morgan fingerprint density at radius 2 is 1.82 bits per heavy atom. The first-order valence-corrected chi connectivity index (χ1v) is 8.99. The summed E-state index contributed by atoms with van der Waals surface area (Å²) < 4.78 is 51.2. The molecule has 2 aliphatic rings. The van der Waals surface area contributed by atoms with Gasteiger partial charge in [0, 0.05) is 24.4 Å². The Hall–Kier alpha value is -2.32. The molecule has 0 saturated carbocycles. The summed E-state index contributed by atoms with van der Waals surface area (Å²) in [4.78, 5) is 13.8. The van der Waals surface area contributed by atoms with Crippen LogP contribution < -0.4 is 0 Å². The van der Waals surface area contributed by atoms with E-state index in [1.54, 1.807) is 11.0 Å². The maximum atomic E-state index is 13.8. The third-order valence-electron chi connectivity index (χ3n) is 5.03. The summed E-state index contributed by atoms with van der Waals surface area (Å²) in [6.45, 7) is 1.47. The van der Waals surface area contributed by atoms with E-state index < -0.39 is 17.7 Å². The van der Waals surface area contributed by atoms with Gasteiger partial charge in [-0.2, -0.15) is 13.2 Å². The van der Waals surface area contributed by atoms with Crippen LogP contribution in [-0.2, 0) is 14.3 Å². The number of alkyl halides is 3. The number of hydrogen-bond donors (Lipinski definition) is 1. The second-order valence-electron chi connectivity index (χ2n) is 6.71. The molecule has 0 aromatic heterocycles. The van der Waals surface area contributed by atoms with Crippen LogP contribution in [0.4, 0.5) is 13.2 Å². The zero-order chi connectivity index (χ0) is 20.4. The molecular weight excluding hydrogens is 375 g/mol. The molecule has 5 nitrogen and oxygen atoms in total. The largest absolute Gasteiger partial charge is 0.466 e. The number of carbonyl (C=O) groups excluding carboxylic acids is 1. The van der Waals surface area contributed by atoms with Crippen molar-refractivity contribution >= 4 is 12.0 Å². The number of carbonyl (C=O) groups is 1. The predicted octanol–water partition coefficient (Wildman–Crippen LogP) is 2.92. The van der Waals surface area contributed by atoms with E-state index in [2.05, 4.69) is 4.74 Å². The molecule has 1 aliphatic carbocycles. The van der Waals surface area contributed by atoms with Crippen molar-refractivity contribution in [3.63, 3.8) is 0 Å². The van der Waals surface area contributed by atoms with Crippen molar-refractivity contribution in [3.8, 4) is 0 Å². The lowest BCUT2D eigenvalue weighted by molar-refractivity contribution is -0.249. The Bertz CT molecular complexity index is 782. The third-order valence-corrected chi connectivity index (χ3v) is 5.03. The lowest BCUT2D eigenvalue weighted by atomic mass is 9.90. The van der Waals surface area contributed by atoms with E-state index in [0.29, 0.717) is 31.9 Å². The number of halogens is 3. The Morgan fingerprint density at radius 1 is 1.18 bits per heavy atom. The number of benzene rings is 1. The number of hydrogen-bond acceptors (Lipinski definition) is 5. The second-order valence-corrected chi connectivity index (χ2v) is 6.71. The van der Waals surface area contributed by atoms with Crippen LogP contribution in [0, 0.1) is 0 Å². The number of methoxy groups -OCH3 is 1. The number of esters is 1. The molecule has 1 N–H and O–H groups in total. The van der Waals surface area contributed by atoms with E-state index in [4.69, 9.17) is 4.74 Å². The SMILES string of the molecule is COC(=O)C(O)(C1=C(N2CCOCC2)C(=Cc2ccccc2)CC1)C(F)(F)F. The van der Waals surface area contributed by atoms with Crippen LogP contribution in [0.15, 0.2) is 47.2 Å². The van der Waals surface area contributed by atoms with Crippen LogP contribution in [0.2, 0.25) is 0 Å². The summed E-state index contributed by atoms with van der Waals surface area (Å²) in [5.41, 5.74) is -2.30. The Labute approximate surface area is 161 Å². The van der Waals surface area contributed by atoms with Gasteiger partial charge in [-0.1, -0.05) is 30.3 Å². The van der Waals surface area contributed by atoms with Gasteiger partial charge < -0.3 is 19.5 Å². The maximum Gasteiger partial charge on any atom is 0.432 e. The predicted molar refractivity (Wildman–Crippen MR) is 96.1 cm³/mol. The fourth-order valence-electron chi connectivity index (χ4n) is 3.67.